The van der Waals surface area contributed by atoms with Gasteiger partial charge in [0.25, 0.3) is 0 Å². The quantitative estimate of drug-likeness (QED) is 0.690. The Morgan fingerprint density at radius 3 is 2.86 bits per heavy atom. The molecule has 0 amide bonds. The van der Waals surface area contributed by atoms with Gasteiger partial charge in [0.1, 0.15) is 12.2 Å². The molecule has 1 aromatic rings. The van der Waals surface area contributed by atoms with Crippen LogP contribution in [0.2, 0.25) is 0 Å². The molecule has 0 atom stereocenters. The van der Waals surface area contributed by atoms with Crippen molar-refractivity contribution in [3.05, 3.63) is 35.1 Å². The number of halogens is 1. The number of hydrogen-bond acceptors (Lipinski definition) is 1. The van der Waals surface area contributed by atoms with Crippen LogP contribution in [0.3, 0.4) is 0 Å². The van der Waals surface area contributed by atoms with Crippen LogP contribution in [0.25, 0.3) is 0 Å². The summed E-state index contributed by atoms with van der Waals surface area (Å²) in [7, 11) is 0. The molecule has 1 rings (SSSR count). The van der Waals surface area contributed by atoms with Crippen LogP contribution in [0.5, 0.6) is 0 Å². The van der Waals surface area contributed by atoms with Gasteiger partial charge in [0.05, 0.1) is 5.56 Å². The standard InChI is InChI=1S/C11H9FO2/c1-8-5-6-9(10(12)7-8)3-2-4-11(13)14/h5-7H,4H2,1H3,(H,13,14). The van der Waals surface area contributed by atoms with Crippen molar-refractivity contribution in [1.82, 2.24) is 0 Å². The molecule has 0 saturated carbocycles. The molecule has 1 N–H and O–H groups in total. The van der Waals surface area contributed by atoms with E-state index in [9.17, 15) is 9.18 Å². The van der Waals surface area contributed by atoms with Gasteiger partial charge in [-0.2, -0.15) is 0 Å². The van der Waals surface area contributed by atoms with Gasteiger partial charge in [-0.25, -0.2) is 4.39 Å². The second-order valence-corrected chi connectivity index (χ2v) is 2.86. The van der Waals surface area contributed by atoms with E-state index in [-0.39, 0.29) is 12.0 Å². The minimum atomic E-state index is -1.01. The smallest absolute Gasteiger partial charge is 0.315 e. The summed E-state index contributed by atoms with van der Waals surface area (Å²) in [5.74, 6) is 3.41. The predicted molar refractivity (Wildman–Crippen MR) is 50.3 cm³/mol. The first-order valence-electron chi connectivity index (χ1n) is 4.06. The molecule has 0 bridgehead atoms. The van der Waals surface area contributed by atoms with E-state index < -0.39 is 11.8 Å². The zero-order valence-electron chi connectivity index (χ0n) is 7.67. The first-order chi connectivity index (χ1) is 6.59. The third-order valence-electron chi connectivity index (χ3n) is 1.59. The fourth-order valence-corrected chi connectivity index (χ4v) is 0.937. The first-order valence-corrected chi connectivity index (χ1v) is 4.06. The molecule has 1 aromatic carbocycles. The predicted octanol–water partition coefficient (Wildman–Crippen LogP) is 1.96. The molecule has 14 heavy (non-hydrogen) atoms. The number of aryl methyl sites for hydroxylation is 1. The number of hydrogen-bond donors (Lipinski definition) is 1. The molecule has 0 radical (unpaired) electrons. The average Bonchev–Trinajstić information content (AvgIpc) is 2.08. The van der Waals surface area contributed by atoms with E-state index >= 15 is 0 Å². The molecule has 0 fully saturated rings. The molecule has 2 nitrogen and oxygen atoms in total. The molecule has 3 heteroatoms. The molecule has 0 unspecified atom stereocenters. The molecule has 0 saturated heterocycles. The van der Waals surface area contributed by atoms with Crippen molar-refractivity contribution in [3.63, 3.8) is 0 Å². The monoisotopic (exact) mass is 192 g/mol. The lowest BCUT2D eigenvalue weighted by Gasteiger charge is -1.95. The highest BCUT2D eigenvalue weighted by atomic mass is 19.1. The van der Waals surface area contributed by atoms with Gasteiger partial charge in [0.2, 0.25) is 0 Å². The van der Waals surface area contributed by atoms with E-state index in [4.69, 9.17) is 5.11 Å². The lowest BCUT2D eigenvalue weighted by Crippen LogP contribution is -1.91. The van der Waals surface area contributed by atoms with Gasteiger partial charge >= 0.3 is 5.97 Å². The molecule has 0 aliphatic heterocycles. The third-order valence-corrected chi connectivity index (χ3v) is 1.59. The van der Waals surface area contributed by atoms with Crippen LogP contribution in [-0.4, -0.2) is 11.1 Å². The zero-order chi connectivity index (χ0) is 10.6. The minimum Gasteiger partial charge on any atom is -0.481 e. The van der Waals surface area contributed by atoms with Crippen LogP contribution >= 0.6 is 0 Å². The molecular weight excluding hydrogens is 183 g/mol. The van der Waals surface area contributed by atoms with E-state index in [0.717, 1.165) is 5.56 Å². The normalized spacial score (nSPS) is 9.00. The lowest BCUT2D eigenvalue weighted by atomic mass is 10.1. The van der Waals surface area contributed by atoms with Gasteiger partial charge in [-0.05, 0) is 24.6 Å². The lowest BCUT2D eigenvalue weighted by molar-refractivity contribution is -0.135. The highest BCUT2D eigenvalue weighted by molar-refractivity contribution is 5.70. The largest absolute Gasteiger partial charge is 0.481 e. The highest BCUT2D eigenvalue weighted by Crippen LogP contribution is 2.07. The van der Waals surface area contributed by atoms with E-state index in [1.807, 2.05) is 0 Å². The van der Waals surface area contributed by atoms with Crippen LogP contribution in [0.4, 0.5) is 4.39 Å². The molecule has 0 aromatic heterocycles. The van der Waals surface area contributed by atoms with Gasteiger partial charge in [-0.1, -0.05) is 17.9 Å². The van der Waals surface area contributed by atoms with Crippen molar-refractivity contribution in [2.45, 2.75) is 13.3 Å². The number of carboxylic acid groups (broad SMARTS) is 1. The van der Waals surface area contributed by atoms with Crippen LogP contribution in [0, 0.1) is 24.6 Å². The second-order valence-electron chi connectivity index (χ2n) is 2.86. The van der Waals surface area contributed by atoms with Crippen LogP contribution in [0.15, 0.2) is 18.2 Å². The SMILES string of the molecule is Cc1ccc(C#CCC(=O)O)c(F)c1. The summed E-state index contributed by atoms with van der Waals surface area (Å²) in [5, 5.41) is 8.31. The zero-order valence-corrected chi connectivity index (χ0v) is 7.67. The average molecular weight is 192 g/mol. The second kappa shape index (κ2) is 4.43. The minimum absolute atomic E-state index is 0.233. The Balaban J connectivity index is 2.85. The van der Waals surface area contributed by atoms with Gasteiger partial charge < -0.3 is 5.11 Å². The highest BCUT2D eigenvalue weighted by Gasteiger charge is 1.98. The van der Waals surface area contributed by atoms with Gasteiger partial charge in [-0.15, -0.1) is 0 Å². The summed E-state index contributed by atoms with van der Waals surface area (Å²) in [6.45, 7) is 1.78. The molecule has 0 aliphatic rings. The van der Waals surface area contributed by atoms with Gasteiger partial charge in [0.15, 0.2) is 0 Å². The maximum Gasteiger partial charge on any atom is 0.315 e. The van der Waals surface area contributed by atoms with Crippen molar-refractivity contribution in [2.24, 2.45) is 0 Å². The van der Waals surface area contributed by atoms with Crippen LogP contribution in [-0.2, 0) is 4.79 Å². The molecular formula is C11H9FO2. The molecule has 0 heterocycles. The Kier molecular flexibility index (Phi) is 3.24. The molecule has 0 spiro atoms. The Labute approximate surface area is 81.4 Å². The third kappa shape index (κ3) is 2.91. The Morgan fingerprint density at radius 2 is 2.29 bits per heavy atom. The first kappa shape index (κ1) is 10.3. The summed E-state index contributed by atoms with van der Waals surface area (Å²) in [6.07, 6.45) is -0.271. The fraction of sp³-hybridized carbons (Fsp3) is 0.182. The van der Waals surface area contributed by atoms with Crippen molar-refractivity contribution in [2.75, 3.05) is 0 Å². The number of rotatable bonds is 1. The fourth-order valence-electron chi connectivity index (χ4n) is 0.937. The maximum atomic E-state index is 13.1. The number of aliphatic carboxylic acids is 1. The van der Waals surface area contributed by atoms with Crippen molar-refractivity contribution in [1.29, 1.82) is 0 Å². The Hall–Kier alpha value is -1.82. The summed E-state index contributed by atoms with van der Waals surface area (Å²) in [4.78, 5) is 10.1. The number of benzene rings is 1. The molecule has 72 valence electrons. The summed E-state index contributed by atoms with van der Waals surface area (Å²) in [5.41, 5.74) is 1.04. The Morgan fingerprint density at radius 1 is 1.57 bits per heavy atom. The van der Waals surface area contributed by atoms with E-state index in [2.05, 4.69) is 11.8 Å². The van der Waals surface area contributed by atoms with Crippen LogP contribution < -0.4 is 0 Å². The maximum absolute atomic E-state index is 13.1. The summed E-state index contributed by atoms with van der Waals surface area (Å²) in [6, 6.07) is 4.64. The topological polar surface area (TPSA) is 37.3 Å². The number of carboxylic acids is 1. The summed E-state index contributed by atoms with van der Waals surface area (Å²) >= 11 is 0. The van der Waals surface area contributed by atoms with Crippen LogP contribution in [0.1, 0.15) is 17.5 Å². The Bertz CT molecular complexity index is 413. The summed E-state index contributed by atoms with van der Waals surface area (Å²) < 4.78 is 13.1. The van der Waals surface area contributed by atoms with Gasteiger partial charge in [0, 0.05) is 0 Å². The van der Waals surface area contributed by atoms with Crippen molar-refractivity contribution in [3.8, 4) is 11.8 Å². The van der Waals surface area contributed by atoms with E-state index in [0.29, 0.717) is 0 Å². The van der Waals surface area contributed by atoms with E-state index in [1.54, 1.807) is 19.1 Å². The molecule has 0 aliphatic carbocycles. The van der Waals surface area contributed by atoms with Crippen molar-refractivity contribution < 1.29 is 14.3 Å². The van der Waals surface area contributed by atoms with E-state index in [1.165, 1.54) is 6.07 Å². The number of carbonyl (C=O) groups is 1. The van der Waals surface area contributed by atoms with Gasteiger partial charge in [-0.3, -0.25) is 4.79 Å². The van der Waals surface area contributed by atoms with Crippen molar-refractivity contribution >= 4 is 5.97 Å².